The predicted octanol–water partition coefficient (Wildman–Crippen LogP) is 5.05. The van der Waals surface area contributed by atoms with Crippen LogP contribution in [0.1, 0.15) is 128 Å². The molecular weight excluding hydrogens is 1130 g/mol. The Morgan fingerprint density at radius 3 is 2.02 bits per heavy atom. The van der Waals surface area contributed by atoms with Crippen LogP contribution < -0.4 is 11.1 Å². The lowest BCUT2D eigenvalue weighted by molar-refractivity contribution is -0.335. The maximum Gasteiger partial charge on any atom is 0.407 e. The van der Waals surface area contributed by atoms with E-state index < -0.39 is 186 Å². The highest BCUT2D eigenvalue weighted by Crippen LogP contribution is 2.61. The smallest absolute Gasteiger partial charge is 0.407 e. The van der Waals surface area contributed by atoms with Gasteiger partial charge in [0.25, 0.3) is 0 Å². The zero-order chi connectivity index (χ0) is 63.5. The molecule has 5 heterocycles. The topological polar surface area (TPSA) is 326 Å². The number of carbonyl (C=O) groups excluding carboxylic acids is 5. The number of carbonyl (C=O) groups is 5. The number of ether oxygens (including phenoxy) is 11. The van der Waals surface area contributed by atoms with Crippen LogP contribution in [0.15, 0.2) is 70.6 Å². The first-order valence-electron chi connectivity index (χ1n) is 30.8. The highest BCUT2D eigenvalue weighted by molar-refractivity contribution is 6.26. The number of hydrogen-bond acceptors (Lipinski definition) is 22. The molecule has 5 aliphatic heterocycles. The third kappa shape index (κ3) is 13.4. The van der Waals surface area contributed by atoms with Crippen molar-refractivity contribution in [3.8, 4) is 0 Å². The van der Waals surface area contributed by atoms with Gasteiger partial charge in [-0.15, -0.1) is 0 Å². The van der Waals surface area contributed by atoms with Crippen molar-refractivity contribution in [3.63, 3.8) is 0 Å². The SMILES string of the molecule is COC(=O)N[C@H]1[C@@H](C)O[C@@H](O[C@H]2C/C=C(\C)[C@@H]3C=C[C@@H]4[C@@H](O[C@H]5C[C@@H](O[C@H]6C[C@@H](O)[C@@H](O[C@@H]7C[C@@H](O)[C@@H](O)[C@H](C)O7)[C@H](C)O6)[C@@H](OC(C)=O)[C@H](C)O5)[C@@H](C)C[C@H](C)[C@H]4[C@]3(C)C(O)=C3C(=O)O[C@]4(CC(/C=C/C(C)=O)=C[C@H](O)[C@H]4/C=C/2C)C3=O)C[C@]1(C)N. The Morgan fingerprint density at radius 2 is 1.38 bits per heavy atom. The molecule has 484 valence electrons. The molecular formula is C64H92N2O21. The molecule has 0 aromatic carbocycles. The Labute approximate surface area is 508 Å². The fourth-order valence-corrected chi connectivity index (χ4v) is 15.7. The molecule has 0 unspecified atom stereocenters. The molecule has 23 nitrogen and oxygen atoms in total. The highest BCUT2D eigenvalue weighted by atomic mass is 16.7. The van der Waals surface area contributed by atoms with Gasteiger partial charge < -0.3 is 88.7 Å². The van der Waals surface area contributed by atoms with Gasteiger partial charge in [-0.1, -0.05) is 62.8 Å². The molecule has 0 radical (unpaired) electrons. The molecule has 27 atom stereocenters. The number of rotatable bonds is 12. The molecule has 4 aliphatic carbocycles. The largest absolute Gasteiger partial charge is 0.511 e. The van der Waals surface area contributed by atoms with Crippen LogP contribution in [-0.2, 0) is 71.3 Å². The number of ketones is 2. The summed E-state index contributed by atoms with van der Waals surface area (Å²) in [5, 5.41) is 60.4. The number of nitrogens with one attached hydrogen (secondary N) is 1. The first kappa shape index (κ1) is 66.7. The number of aliphatic hydroxyl groups is 5. The maximum atomic E-state index is 15.7. The minimum atomic E-state index is -2.08. The molecule has 1 amide bonds. The Bertz CT molecular complexity index is 2770. The van der Waals surface area contributed by atoms with Gasteiger partial charge in [-0.3, -0.25) is 14.4 Å². The van der Waals surface area contributed by atoms with E-state index in [0.717, 1.165) is 5.57 Å². The summed E-state index contributed by atoms with van der Waals surface area (Å²) in [6.45, 7) is 21.1. The molecule has 1 spiro atoms. The lowest BCUT2D eigenvalue weighted by atomic mass is 9.49. The third-order valence-electron chi connectivity index (χ3n) is 19.9. The number of fused-ring (bicyclic) bond motifs is 4. The molecule has 23 heteroatoms. The number of esters is 2. The summed E-state index contributed by atoms with van der Waals surface area (Å²) in [4.78, 5) is 67.9. The van der Waals surface area contributed by atoms with Gasteiger partial charge in [0, 0.05) is 61.8 Å². The van der Waals surface area contributed by atoms with Crippen molar-refractivity contribution in [1.29, 1.82) is 0 Å². The number of aliphatic hydroxyl groups excluding tert-OH is 5. The number of allylic oxidation sites excluding steroid dienone is 5. The number of hydrogen-bond donors (Lipinski definition) is 7. The van der Waals surface area contributed by atoms with Crippen molar-refractivity contribution in [2.75, 3.05) is 7.11 Å². The van der Waals surface area contributed by atoms with Crippen LogP contribution in [0, 0.1) is 40.9 Å². The summed E-state index contributed by atoms with van der Waals surface area (Å²) in [7, 11) is 1.26. The Balaban J connectivity index is 1.04. The van der Waals surface area contributed by atoms with Crippen molar-refractivity contribution in [2.45, 2.75) is 250 Å². The van der Waals surface area contributed by atoms with E-state index in [2.05, 4.69) is 25.2 Å². The summed E-state index contributed by atoms with van der Waals surface area (Å²) >= 11 is 0. The number of amides is 1. The predicted molar refractivity (Wildman–Crippen MR) is 309 cm³/mol. The summed E-state index contributed by atoms with van der Waals surface area (Å²) in [6.07, 6.45) is -3.16. The summed E-state index contributed by atoms with van der Waals surface area (Å²) in [5.74, 6) is -6.30. The summed E-state index contributed by atoms with van der Waals surface area (Å²) in [6, 6.07) is -0.643. The molecule has 6 fully saturated rings. The van der Waals surface area contributed by atoms with Crippen LogP contribution in [0.25, 0.3) is 0 Å². The zero-order valence-corrected chi connectivity index (χ0v) is 52.2. The molecule has 0 aromatic heterocycles. The van der Waals surface area contributed by atoms with Crippen molar-refractivity contribution >= 4 is 29.6 Å². The van der Waals surface area contributed by atoms with E-state index in [4.69, 9.17) is 57.8 Å². The lowest BCUT2D eigenvalue weighted by Gasteiger charge is -2.56. The van der Waals surface area contributed by atoms with Crippen LogP contribution >= 0.6 is 0 Å². The molecule has 8 N–H and O–H groups in total. The quantitative estimate of drug-likeness (QED) is 0.0442. The van der Waals surface area contributed by atoms with Crippen molar-refractivity contribution < 1.29 is 102 Å². The minimum Gasteiger partial charge on any atom is -0.511 e. The summed E-state index contributed by atoms with van der Waals surface area (Å²) < 4.78 is 68.8. The third-order valence-corrected chi connectivity index (χ3v) is 19.9. The van der Waals surface area contributed by atoms with E-state index >= 15 is 4.79 Å². The number of nitrogens with two attached hydrogens (primary N) is 1. The Morgan fingerprint density at radius 1 is 0.747 bits per heavy atom. The second kappa shape index (κ2) is 26.2. The monoisotopic (exact) mass is 1220 g/mol. The molecule has 1 saturated carbocycles. The zero-order valence-electron chi connectivity index (χ0n) is 52.2. The number of methoxy groups -OCH3 is 1. The second-order valence-electron chi connectivity index (χ2n) is 26.6. The van der Waals surface area contributed by atoms with E-state index in [9.17, 15) is 44.7 Å². The minimum absolute atomic E-state index is 0.00980. The van der Waals surface area contributed by atoms with E-state index in [1.54, 1.807) is 47.6 Å². The van der Waals surface area contributed by atoms with E-state index in [1.165, 1.54) is 39.2 Å². The highest BCUT2D eigenvalue weighted by Gasteiger charge is 2.65. The van der Waals surface area contributed by atoms with Crippen LogP contribution in [0.4, 0.5) is 4.79 Å². The maximum absolute atomic E-state index is 15.7. The van der Waals surface area contributed by atoms with E-state index in [-0.39, 0.29) is 56.1 Å². The molecule has 9 rings (SSSR count). The number of alkyl carbamates (subject to hydrolysis) is 1. The van der Waals surface area contributed by atoms with Gasteiger partial charge in [0.2, 0.25) is 5.78 Å². The Hall–Kier alpha value is -4.73. The summed E-state index contributed by atoms with van der Waals surface area (Å²) in [5.41, 5.74) is 3.57. The van der Waals surface area contributed by atoms with Gasteiger partial charge >= 0.3 is 18.0 Å². The van der Waals surface area contributed by atoms with Gasteiger partial charge in [0.1, 0.15) is 29.6 Å². The van der Waals surface area contributed by atoms with Crippen molar-refractivity contribution in [2.24, 2.45) is 46.7 Å². The molecule has 9 aliphatic rings. The molecule has 5 saturated heterocycles. The van der Waals surface area contributed by atoms with E-state index in [1.807, 2.05) is 26.0 Å². The second-order valence-corrected chi connectivity index (χ2v) is 26.6. The fraction of sp³-hybridized carbons (Fsp3) is 0.734. The first-order valence-corrected chi connectivity index (χ1v) is 30.8. The van der Waals surface area contributed by atoms with E-state index in [0.29, 0.717) is 17.6 Å². The first-order chi connectivity index (χ1) is 40.9. The average Bonchev–Trinajstić information content (AvgIpc) is 1.74. The normalized spacial score (nSPS) is 47.2. The number of Topliss-reactive ketones (excluding diaryl/α,β-unsaturated/α-hetero) is 1. The van der Waals surface area contributed by atoms with Gasteiger partial charge in [-0.05, 0) is 103 Å². The lowest BCUT2D eigenvalue weighted by Crippen LogP contribution is -2.66. The van der Waals surface area contributed by atoms with Crippen molar-refractivity contribution in [1.82, 2.24) is 5.32 Å². The van der Waals surface area contributed by atoms with Gasteiger partial charge in [0.15, 0.2) is 42.6 Å². The van der Waals surface area contributed by atoms with Crippen molar-refractivity contribution in [3.05, 3.63) is 70.6 Å². The Kier molecular flexibility index (Phi) is 20.1. The fourth-order valence-electron chi connectivity index (χ4n) is 15.7. The van der Waals surface area contributed by atoms with Crippen LogP contribution in [0.3, 0.4) is 0 Å². The van der Waals surface area contributed by atoms with Crippen LogP contribution in [0.2, 0.25) is 0 Å². The van der Waals surface area contributed by atoms with Gasteiger partial charge in [-0.25, -0.2) is 9.59 Å². The molecule has 0 aromatic rings. The van der Waals surface area contributed by atoms with Gasteiger partial charge in [0.05, 0.1) is 74.0 Å². The van der Waals surface area contributed by atoms with Gasteiger partial charge in [-0.2, -0.15) is 0 Å². The molecule has 87 heavy (non-hydrogen) atoms. The van der Waals surface area contributed by atoms with Crippen LogP contribution in [-0.4, -0.2) is 184 Å². The standard InChI is InChI=1S/C64H92N2O21/c1-28-14-19-45(83-50-27-62(11,65)57(36(9)81-50)66-61(76)77-13)29(2)21-41-42(69)22-38(16-15-32(5)67)26-64(41)59(74)51(60(75)87-64)58(73)63(12)40(28)18-17-39-52(63)30(3)20-31(4)54(39)85-49-25-46(56(35(8)80-49)82-37(10)68)84-47-24-44(71)55(34(7)79-47)86-48-23-43(70)53(72)33(6)78-48/h14-18,21-22,30-31,33-36,39-50,52-57,69-73H,19-20,23-27,65H2,1-13H3,(H,66,76)/b16-15+,28-14+,29-21+,58-51?/t30-,31-,33-,34-,35-,36+,39-,40-,41+,42-,43+,44+,45-,46+,47-,48+,49-,50-,52+,53-,54-,55-,56-,57-,62-,63+,64-/m0/s1. The molecule has 2 bridgehead atoms. The average molecular weight is 1230 g/mol. The van der Waals surface area contributed by atoms with Crippen LogP contribution in [0.5, 0.6) is 0 Å².